The molecule has 2 N–H and O–H groups in total. The van der Waals surface area contributed by atoms with Gasteiger partial charge in [0.2, 0.25) is 0 Å². The van der Waals surface area contributed by atoms with Crippen molar-refractivity contribution >= 4 is 17.4 Å². The molecule has 0 aliphatic rings. The van der Waals surface area contributed by atoms with Crippen LogP contribution in [0.15, 0.2) is 60.8 Å². The van der Waals surface area contributed by atoms with Crippen LogP contribution in [-0.2, 0) is 0 Å². The summed E-state index contributed by atoms with van der Waals surface area (Å²) in [4.78, 5) is 16.2. The molecule has 0 radical (unpaired) electrons. The molecule has 0 aliphatic heterocycles. The Labute approximate surface area is 166 Å². The molecule has 0 saturated carbocycles. The first kappa shape index (κ1) is 20.1. The van der Waals surface area contributed by atoms with Crippen molar-refractivity contribution in [1.29, 1.82) is 0 Å². The van der Waals surface area contributed by atoms with Gasteiger partial charge in [0, 0.05) is 6.20 Å². The van der Waals surface area contributed by atoms with Gasteiger partial charge in [0.15, 0.2) is 0 Å². The standard InChI is InChI=1S/C21H19F2N3O3/c1-28-15-6-8-16(9-7-15)29-12-11-24-21(27)14-5-10-19(25-13-14)26-20-17(22)3-2-4-18(20)23/h2-10,13H,11-12H2,1H3,(H,24,27)(H,25,26). The van der Waals surface area contributed by atoms with E-state index < -0.39 is 11.6 Å². The van der Waals surface area contributed by atoms with Crippen LogP contribution in [0.2, 0.25) is 0 Å². The fraction of sp³-hybridized carbons (Fsp3) is 0.143. The molecule has 8 heteroatoms. The Hall–Kier alpha value is -3.68. The zero-order valence-electron chi connectivity index (χ0n) is 15.6. The van der Waals surface area contributed by atoms with E-state index in [1.807, 2.05) is 0 Å². The zero-order chi connectivity index (χ0) is 20.6. The monoisotopic (exact) mass is 399 g/mol. The number of carbonyl (C=O) groups is 1. The van der Waals surface area contributed by atoms with Gasteiger partial charge in [0.25, 0.3) is 5.91 Å². The van der Waals surface area contributed by atoms with Crippen LogP contribution >= 0.6 is 0 Å². The van der Waals surface area contributed by atoms with Gasteiger partial charge < -0.3 is 20.1 Å². The maximum absolute atomic E-state index is 13.7. The topological polar surface area (TPSA) is 72.5 Å². The van der Waals surface area contributed by atoms with E-state index in [2.05, 4.69) is 15.6 Å². The second-order valence-corrected chi connectivity index (χ2v) is 5.93. The Bertz CT molecular complexity index is 944. The minimum Gasteiger partial charge on any atom is -0.497 e. The fourth-order valence-corrected chi connectivity index (χ4v) is 2.45. The van der Waals surface area contributed by atoms with Crippen molar-refractivity contribution in [1.82, 2.24) is 10.3 Å². The normalized spacial score (nSPS) is 10.3. The van der Waals surface area contributed by atoms with E-state index in [0.717, 1.165) is 17.9 Å². The Morgan fingerprint density at radius 3 is 2.31 bits per heavy atom. The number of nitrogens with zero attached hydrogens (tertiary/aromatic N) is 1. The number of pyridine rings is 1. The molecule has 150 valence electrons. The number of para-hydroxylation sites is 1. The van der Waals surface area contributed by atoms with E-state index in [9.17, 15) is 13.6 Å². The molecule has 2 aromatic carbocycles. The van der Waals surface area contributed by atoms with E-state index in [1.54, 1.807) is 31.4 Å². The third-order valence-corrected chi connectivity index (χ3v) is 3.96. The van der Waals surface area contributed by atoms with Crippen LogP contribution in [0.3, 0.4) is 0 Å². The van der Waals surface area contributed by atoms with Crippen LogP contribution in [0.1, 0.15) is 10.4 Å². The molecule has 0 atom stereocenters. The maximum Gasteiger partial charge on any atom is 0.252 e. The lowest BCUT2D eigenvalue weighted by molar-refractivity contribution is 0.0946. The summed E-state index contributed by atoms with van der Waals surface area (Å²) in [7, 11) is 1.58. The molecule has 3 rings (SSSR count). The summed E-state index contributed by atoms with van der Waals surface area (Å²) in [6, 6.07) is 13.6. The molecule has 1 aromatic heterocycles. The van der Waals surface area contributed by atoms with Gasteiger partial charge >= 0.3 is 0 Å². The highest BCUT2D eigenvalue weighted by Gasteiger charge is 2.10. The van der Waals surface area contributed by atoms with Crippen LogP contribution in [0, 0.1) is 11.6 Å². The molecule has 1 amide bonds. The number of hydrogen-bond acceptors (Lipinski definition) is 5. The number of benzene rings is 2. The molecule has 29 heavy (non-hydrogen) atoms. The number of nitrogens with one attached hydrogen (secondary N) is 2. The van der Waals surface area contributed by atoms with Crippen molar-refractivity contribution < 1.29 is 23.0 Å². The van der Waals surface area contributed by atoms with E-state index in [-0.39, 0.29) is 24.0 Å². The highest BCUT2D eigenvalue weighted by atomic mass is 19.1. The summed E-state index contributed by atoms with van der Waals surface area (Å²) in [5.74, 6) is -0.185. The van der Waals surface area contributed by atoms with E-state index in [0.29, 0.717) is 17.9 Å². The number of anilines is 2. The third kappa shape index (κ3) is 5.41. The smallest absolute Gasteiger partial charge is 0.252 e. The van der Waals surface area contributed by atoms with Crippen molar-refractivity contribution in [2.75, 3.05) is 25.6 Å². The largest absolute Gasteiger partial charge is 0.497 e. The van der Waals surface area contributed by atoms with Crippen molar-refractivity contribution in [2.45, 2.75) is 0 Å². The van der Waals surface area contributed by atoms with Crippen molar-refractivity contribution in [2.24, 2.45) is 0 Å². The summed E-state index contributed by atoms with van der Waals surface area (Å²) in [5.41, 5.74) is 0.0156. The number of methoxy groups -OCH3 is 1. The number of hydrogen-bond donors (Lipinski definition) is 2. The molecule has 0 spiro atoms. The first-order chi connectivity index (χ1) is 14.1. The number of aromatic nitrogens is 1. The predicted molar refractivity (Wildman–Crippen MR) is 105 cm³/mol. The highest BCUT2D eigenvalue weighted by Crippen LogP contribution is 2.22. The molecule has 0 saturated heterocycles. The van der Waals surface area contributed by atoms with Gasteiger partial charge in [-0.15, -0.1) is 0 Å². The lowest BCUT2D eigenvalue weighted by Gasteiger charge is -2.10. The van der Waals surface area contributed by atoms with Gasteiger partial charge in [-0.1, -0.05) is 6.07 Å². The molecule has 3 aromatic rings. The van der Waals surface area contributed by atoms with Crippen molar-refractivity contribution in [3.63, 3.8) is 0 Å². The molecule has 0 bridgehead atoms. The average Bonchev–Trinajstić information content (AvgIpc) is 2.74. The molecular formula is C21H19F2N3O3. The van der Waals surface area contributed by atoms with Gasteiger partial charge in [-0.3, -0.25) is 4.79 Å². The Kier molecular flexibility index (Phi) is 6.57. The first-order valence-electron chi connectivity index (χ1n) is 8.79. The number of rotatable bonds is 8. The molecule has 1 heterocycles. The quantitative estimate of drug-likeness (QED) is 0.562. The molecular weight excluding hydrogens is 380 g/mol. The van der Waals surface area contributed by atoms with Crippen LogP contribution < -0.4 is 20.1 Å². The van der Waals surface area contributed by atoms with Crippen LogP contribution in [0.5, 0.6) is 11.5 Å². The molecule has 0 aliphatic carbocycles. The maximum atomic E-state index is 13.7. The zero-order valence-corrected chi connectivity index (χ0v) is 15.6. The van der Waals surface area contributed by atoms with Crippen LogP contribution in [-0.4, -0.2) is 31.2 Å². The summed E-state index contributed by atoms with van der Waals surface area (Å²) in [6.07, 6.45) is 1.32. The number of ether oxygens (including phenoxy) is 2. The number of halogens is 2. The van der Waals surface area contributed by atoms with Gasteiger partial charge in [0.1, 0.15) is 41.2 Å². The Morgan fingerprint density at radius 1 is 1.00 bits per heavy atom. The SMILES string of the molecule is COc1ccc(OCCNC(=O)c2ccc(Nc3c(F)cccc3F)nc2)cc1. The van der Waals surface area contributed by atoms with Crippen LogP contribution in [0.4, 0.5) is 20.3 Å². The lowest BCUT2D eigenvalue weighted by atomic mass is 10.2. The van der Waals surface area contributed by atoms with Gasteiger partial charge in [-0.25, -0.2) is 13.8 Å². The molecule has 0 fully saturated rings. The summed E-state index contributed by atoms with van der Waals surface area (Å²) in [6.45, 7) is 0.586. The fourth-order valence-electron chi connectivity index (χ4n) is 2.45. The van der Waals surface area contributed by atoms with Crippen molar-refractivity contribution in [3.05, 3.63) is 78.0 Å². The van der Waals surface area contributed by atoms with E-state index in [4.69, 9.17) is 9.47 Å². The van der Waals surface area contributed by atoms with Gasteiger partial charge in [-0.2, -0.15) is 0 Å². The summed E-state index contributed by atoms with van der Waals surface area (Å²) in [5, 5.41) is 5.27. The first-order valence-corrected chi connectivity index (χ1v) is 8.79. The summed E-state index contributed by atoms with van der Waals surface area (Å²) < 4.78 is 37.9. The Balaban J connectivity index is 1.48. The molecule has 0 unspecified atom stereocenters. The van der Waals surface area contributed by atoms with E-state index in [1.165, 1.54) is 24.4 Å². The predicted octanol–water partition coefficient (Wildman–Crippen LogP) is 3.92. The number of amides is 1. The highest BCUT2D eigenvalue weighted by molar-refractivity contribution is 5.94. The minimum atomic E-state index is -0.731. The van der Waals surface area contributed by atoms with Crippen molar-refractivity contribution in [3.8, 4) is 11.5 Å². The minimum absolute atomic E-state index is 0.216. The third-order valence-electron chi connectivity index (χ3n) is 3.96. The lowest BCUT2D eigenvalue weighted by Crippen LogP contribution is -2.28. The average molecular weight is 399 g/mol. The Morgan fingerprint density at radius 2 is 1.69 bits per heavy atom. The van der Waals surface area contributed by atoms with Crippen LogP contribution in [0.25, 0.3) is 0 Å². The second kappa shape index (κ2) is 9.50. The van der Waals surface area contributed by atoms with Gasteiger partial charge in [0.05, 0.1) is 19.2 Å². The second-order valence-electron chi connectivity index (χ2n) is 5.93. The van der Waals surface area contributed by atoms with Gasteiger partial charge in [-0.05, 0) is 48.5 Å². The number of carbonyl (C=O) groups excluding carboxylic acids is 1. The summed E-state index contributed by atoms with van der Waals surface area (Å²) >= 11 is 0. The molecule has 6 nitrogen and oxygen atoms in total. The van der Waals surface area contributed by atoms with E-state index >= 15 is 0 Å².